The van der Waals surface area contributed by atoms with Gasteiger partial charge in [-0.15, -0.1) is 0 Å². The Kier molecular flexibility index (Phi) is 6.37. The maximum atomic E-state index is 12.5. The van der Waals surface area contributed by atoms with Crippen molar-refractivity contribution in [3.05, 3.63) is 12.7 Å². The summed E-state index contributed by atoms with van der Waals surface area (Å²) in [6.07, 6.45) is 3.91. The van der Waals surface area contributed by atoms with Crippen molar-refractivity contribution in [1.82, 2.24) is 30.2 Å². The van der Waals surface area contributed by atoms with Gasteiger partial charge < -0.3 is 35.3 Å². The monoisotopic (exact) mass is 533 g/mol. The topological polar surface area (TPSA) is 165 Å². The number of esters is 1. The van der Waals surface area contributed by atoms with Gasteiger partial charge in [-0.2, -0.15) is 11.8 Å². The number of fused-ring (bicyclic) bond motifs is 3. The summed E-state index contributed by atoms with van der Waals surface area (Å²) in [6.45, 7) is 3.74. The number of nitrogens with two attached hydrogens (primary N) is 1. The van der Waals surface area contributed by atoms with E-state index >= 15 is 0 Å². The molecule has 13 nitrogen and oxygen atoms in total. The molecule has 7 atom stereocenters. The van der Waals surface area contributed by atoms with Crippen LogP contribution in [0, 0.1) is 0 Å². The smallest absolute Gasteiger partial charge is 0.315 e. The number of nitrogen functional groups attached to an aromatic ring is 1. The van der Waals surface area contributed by atoms with E-state index in [2.05, 4.69) is 25.6 Å². The SMILES string of the molecule is CC1(C)O[C@@H]2[C@H](O1)[C@@H](COC(=O)CCCC[C@@H]1SC[C@@H]3NC(=O)N[C@@H]31)O[C@H]2n1cnc2c(N)ncnc21. The van der Waals surface area contributed by atoms with Gasteiger partial charge in [-0.05, 0) is 26.7 Å². The number of carbonyl (C=O) groups excluding carboxylic acids is 2. The molecule has 6 heterocycles. The van der Waals surface area contributed by atoms with Crippen LogP contribution in [0.1, 0.15) is 45.8 Å². The van der Waals surface area contributed by atoms with Crippen LogP contribution in [-0.4, -0.2) is 85.3 Å². The first-order chi connectivity index (χ1) is 17.8. The van der Waals surface area contributed by atoms with Gasteiger partial charge in [-0.1, -0.05) is 6.42 Å². The molecule has 0 aromatic carbocycles. The molecule has 14 heteroatoms. The van der Waals surface area contributed by atoms with E-state index in [-0.39, 0.29) is 36.5 Å². The summed E-state index contributed by atoms with van der Waals surface area (Å²) in [6, 6.07) is 0.308. The molecule has 0 unspecified atom stereocenters. The van der Waals surface area contributed by atoms with Crippen molar-refractivity contribution in [1.29, 1.82) is 0 Å². The number of amides is 2. The van der Waals surface area contributed by atoms with E-state index in [9.17, 15) is 9.59 Å². The fourth-order valence-electron chi connectivity index (χ4n) is 5.58. The largest absolute Gasteiger partial charge is 0.463 e. The van der Waals surface area contributed by atoms with Gasteiger partial charge in [0.05, 0.1) is 18.4 Å². The number of hydrogen-bond donors (Lipinski definition) is 3. The van der Waals surface area contributed by atoms with Crippen LogP contribution in [0.4, 0.5) is 10.6 Å². The van der Waals surface area contributed by atoms with Gasteiger partial charge in [0, 0.05) is 17.4 Å². The van der Waals surface area contributed by atoms with Crippen molar-refractivity contribution in [2.45, 2.75) is 87.2 Å². The molecular weight excluding hydrogens is 502 g/mol. The van der Waals surface area contributed by atoms with Gasteiger partial charge in [0.15, 0.2) is 23.5 Å². The van der Waals surface area contributed by atoms with Crippen molar-refractivity contribution in [2.24, 2.45) is 0 Å². The third-order valence-electron chi connectivity index (χ3n) is 7.25. The van der Waals surface area contributed by atoms with Gasteiger partial charge in [-0.25, -0.2) is 19.7 Å². The number of urea groups is 1. The summed E-state index contributed by atoms with van der Waals surface area (Å²) in [5.74, 6) is 0.125. The molecule has 6 rings (SSSR count). The number of anilines is 1. The molecule has 37 heavy (non-hydrogen) atoms. The fourth-order valence-corrected chi connectivity index (χ4v) is 7.12. The predicted octanol–water partition coefficient (Wildman–Crippen LogP) is 1.10. The van der Waals surface area contributed by atoms with E-state index in [1.807, 2.05) is 25.6 Å². The normalized spacial score (nSPS) is 33.8. The summed E-state index contributed by atoms with van der Waals surface area (Å²) in [5.41, 5.74) is 6.95. The Labute approximate surface area is 217 Å². The van der Waals surface area contributed by atoms with Crippen LogP contribution in [0.5, 0.6) is 0 Å². The number of nitrogens with zero attached hydrogens (tertiary/aromatic N) is 4. The van der Waals surface area contributed by atoms with Gasteiger partial charge in [-0.3, -0.25) is 9.36 Å². The maximum absolute atomic E-state index is 12.5. The molecule has 0 aliphatic carbocycles. The lowest BCUT2D eigenvalue weighted by Crippen LogP contribution is -2.36. The lowest BCUT2D eigenvalue weighted by molar-refractivity contribution is -0.202. The van der Waals surface area contributed by atoms with Crippen LogP contribution < -0.4 is 16.4 Å². The number of ether oxygens (including phenoxy) is 4. The molecule has 2 aromatic heterocycles. The molecule has 4 saturated heterocycles. The zero-order valence-electron chi connectivity index (χ0n) is 20.7. The quantitative estimate of drug-likeness (QED) is 0.253. The maximum Gasteiger partial charge on any atom is 0.315 e. The highest BCUT2D eigenvalue weighted by atomic mass is 32.2. The summed E-state index contributed by atoms with van der Waals surface area (Å²) in [4.78, 5) is 36.7. The second kappa shape index (κ2) is 9.57. The third kappa shape index (κ3) is 4.71. The number of thioether (sulfide) groups is 1. The molecule has 0 spiro atoms. The van der Waals surface area contributed by atoms with Crippen LogP contribution >= 0.6 is 11.8 Å². The lowest BCUT2D eigenvalue weighted by Gasteiger charge is -2.24. The van der Waals surface area contributed by atoms with Crippen LogP contribution in [0.2, 0.25) is 0 Å². The Hall–Kier alpha value is -2.68. The van der Waals surface area contributed by atoms with E-state index in [0.29, 0.717) is 22.8 Å². The average Bonchev–Trinajstić information content (AvgIpc) is 3.63. The molecule has 4 N–H and O–H groups in total. The highest BCUT2D eigenvalue weighted by Crippen LogP contribution is 2.44. The van der Waals surface area contributed by atoms with Gasteiger partial charge in [0.2, 0.25) is 0 Å². The summed E-state index contributed by atoms with van der Waals surface area (Å²) < 4.78 is 25.9. The molecule has 4 aliphatic heterocycles. The van der Waals surface area contributed by atoms with Crippen molar-refractivity contribution < 1.29 is 28.5 Å². The average molecular weight is 534 g/mol. The minimum atomic E-state index is -0.810. The van der Waals surface area contributed by atoms with E-state index in [1.165, 1.54) is 6.33 Å². The molecule has 0 saturated carbocycles. The molecular formula is C23H31N7O6S. The first-order valence-corrected chi connectivity index (χ1v) is 13.6. The van der Waals surface area contributed by atoms with Crippen LogP contribution in [0.3, 0.4) is 0 Å². The molecule has 200 valence electrons. The molecule has 0 bridgehead atoms. The Balaban J connectivity index is 1.02. The van der Waals surface area contributed by atoms with Crippen LogP contribution in [0.15, 0.2) is 12.7 Å². The minimum absolute atomic E-state index is 0.0552. The number of imidazole rings is 1. The zero-order chi connectivity index (χ0) is 25.7. The standard InChI is InChI=1S/C23H31N7O6S/c1-23(2)35-17-12(34-21(18(17)36-23)30-10-27-16-19(24)25-9-26-20(16)30)7-33-14(31)6-4-3-5-13-15-11(8-37-13)28-22(32)29-15/h9-13,15,17-18,21H,3-8H2,1-2H3,(H2,24,25,26)(H2,28,29,32)/t11-,12+,13-,15-,17+,18+,21+/m0/s1. The molecule has 4 fully saturated rings. The summed E-state index contributed by atoms with van der Waals surface area (Å²) in [5, 5.41) is 6.33. The van der Waals surface area contributed by atoms with Crippen molar-refractivity contribution in [3.63, 3.8) is 0 Å². The molecule has 2 amide bonds. The Morgan fingerprint density at radius 1 is 1.24 bits per heavy atom. The number of carbonyl (C=O) groups is 2. The highest BCUT2D eigenvalue weighted by molar-refractivity contribution is 8.00. The predicted molar refractivity (Wildman–Crippen MR) is 132 cm³/mol. The molecule has 4 aliphatic rings. The second-order valence-electron chi connectivity index (χ2n) is 10.3. The van der Waals surface area contributed by atoms with Gasteiger partial charge >= 0.3 is 12.0 Å². The number of hydrogen-bond acceptors (Lipinski definition) is 11. The Morgan fingerprint density at radius 2 is 2.08 bits per heavy atom. The highest BCUT2D eigenvalue weighted by Gasteiger charge is 2.56. The second-order valence-corrected chi connectivity index (χ2v) is 11.5. The number of aromatic nitrogens is 4. The van der Waals surface area contributed by atoms with Gasteiger partial charge in [0.1, 0.15) is 36.8 Å². The Morgan fingerprint density at radius 3 is 2.95 bits per heavy atom. The number of nitrogens with one attached hydrogen (secondary N) is 2. The van der Waals surface area contributed by atoms with E-state index in [1.54, 1.807) is 10.9 Å². The van der Waals surface area contributed by atoms with Crippen LogP contribution in [0.25, 0.3) is 11.2 Å². The van der Waals surface area contributed by atoms with Crippen molar-refractivity contribution in [2.75, 3.05) is 18.1 Å². The lowest BCUT2D eigenvalue weighted by atomic mass is 10.0. The van der Waals surface area contributed by atoms with E-state index in [0.717, 1.165) is 25.0 Å². The van der Waals surface area contributed by atoms with Crippen molar-refractivity contribution >= 4 is 40.7 Å². The van der Waals surface area contributed by atoms with Gasteiger partial charge in [0.25, 0.3) is 0 Å². The van der Waals surface area contributed by atoms with Crippen molar-refractivity contribution in [3.8, 4) is 0 Å². The molecule has 2 aromatic rings. The van der Waals surface area contributed by atoms with Crippen LogP contribution in [-0.2, 0) is 23.7 Å². The number of unbranched alkanes of at least 4 members (excludes halogenated alkanes) is 1. The Bertz CT molecular complexity index is 1190. The first kappa shape index (κ1) is 24.6. The third-order valence-corrected chi connectivity index (χ3v) is 8.76. The van der Waals surface area contributed by atoms with E-state index < -0.39 is 30.3 Å². The summed E-state index contributed by atoms with van der Waals surface area (Å²) >= 11 is 1.87. The molecule has 0 radical (unpaired) electrons. The summed E-state index contributed by atoms with van der Waals surface area (Å²) in [7, 11) is 0. The zero-order valence-corrected chi connectivity index (χ0v) is 21.5. The minimum Gasteiger partial charge on any atom is -0.463 e. The number of rotatable bonds is 8. The fraction of sp³-hybridized carbons (Fsp3) is 0.696. The first-order valence-electron chi connectivity index (χ1n) is 12.6. The van der Waals surface area contributed by atoms with E-state index in [4.69, 9.17) is 24.7 Å².